The molecule has 1 aliphatic rings. The summed E-state index contributed by atoms with van der Waals surface area (Å²) >= 11 is 0. The Morgan fingerprint density at radius 3 is 3.17 bits per heavy atom. The van der Waals surface area contributed by atoms with E-state index in [9.17, 15) is 4.79 Å². The minimum Gasteiger partial charge on any atom is -0.481 e. The van der Waals surface area contributed by atoms with Crippen LogP contribution in [0.25, 0.3) is 0 Å². The maximum Gasteiger partial charge on any atom is 0.306 e. The fraction of sp³-hybridized carbons (Fsp3) is 0.692. The Hall–Kier alpha value is -1.36. The van der Waals surface area contributed by atoms with Gasteiger partial charge in [-0.1, -0.05) is 6.42 Å². The van der Waals surface area contributed by atoms with Gasteiger partial charge in [0.25, 0.3) is 0 Å². The first-order chi connectivity index (χ1) is 8.72. The van der Waals surface area contributed by atoms with Gasteiger partial charge in [0.05, 0.1) is 17.9 Å². The lowest BCUT2D eigenvalue weighted by Crippen LogP contribution is -2.29. The normalized spacial score (nSPS) is 23.4. The van der Waals surface area contributed by atoms with Crippen LogP contribution in [0.5, 0.6) is 0 Å². The summed E-state index contributed by atoms with van der Waals surface area (Å²) in [5, 5.41) is 12.5. The zero-order valence-corrected chi connectivity index (χ0v) is 10.8. The standard InChI is InChI=1S/C13H21N3O2/c1-2-16-9-15-8-11(16)7-14-6-10-4-3-5-12(10)13(17)18/h8-10,12,14H,2-7H2,1H3,(H,17,18). The highest BCUT2D eigenvalue weighted by Crippen LogP contribution is 2.31. The van der Waals surface area contributed by atoms with E-state index >= 15 is 0 Å². The Morgan fingerprint density at radius 1 is 1.61 bits per heavy atom. The lowest BCUT2D eigenvalue weighted by molar-refractivity contribution is -0.142. The van der Waals surface area contributed by atoms with Crippen molar-refractivity contribution in [2.75, 3.05) is 6.54 Å². The van der Waals surface area contributed by atoms with E-state index in [1.54, 1.807) is 0 Å². The number of carbonyl (C=O) groups is 1. The number of nitrogens with one attached hydrogen (secondary N) is 1. The van der Waals surface area contributed by atoms with Crippen LogP contribution in [-0.2, 0) is 17.9 Å². The van der Waals surface area contributed by atoms with Gasteiger partial charge in [0.1, 0.15) is 0 Å². The molecule has 0 bridgehead atoms. The van der Waals surface area contributed by atoms with Gasteiger partial charge in [-0.2, -0.15) is 0 Å². The van der Waals surface area contributed by atoms with Gasteiger partial charge >= 0.3 is 5.97 Å². The van der Waals surface area contributed by atoms with Gasteiger partial charge in [-0.15, -0.1) is 0 Å². The van der Waals surface area contributed by atoms with Crippen LogP contribution in [0.4, 0.5) is 0 Å². The fourth-order valence-electron chi connectivity index (χ4n) is 2.77. The minimum atomic E-state index is -0.641. The van der Waals surface area contributed by atoms with E-state index in [1.807, 2.05) is 12.5 Å². The topological polar surface area (TPSA) is 67.2 Å². The van der Waals surface area contributed by atoms with E-state index in [4.69, 9.17) is 5.11 Å². The SMILES string of the molecule is CCn1cncc1CNCC1CCCC1C(=O)O. The molecule has 0 saturated heterocycles. The van der Waals surface area contributed by atoms with Crippen LogP contribution >= 0.6 is 0 Å². The molecule has 2 atom stereocenters. The molecule has 0 amide bonds. The summed E-state index contributed by atoms with van der Waals surface area (Å²) in [6.45, 7) is 4.54. The van der Waals surface area contributed by atoms with E-state index in [2.05, 4.69) is 21.8 Å². The zero-order chi connectivity index (χ0) is 13.0. The molecule has 0 aliphatic heterocycles. The zero-order valence-electron chi connectivity index (χ0n) is 10.8. The largest absolute Gasteiger partial charge is 0.481 e. The van der Waals surface area contributed by atoms with Crippen molar-refractivity contribution in [3.63, 3.8) is 0 Å². The number of carboxylic acid groups (broad SMARTS) is 1. The second-order valence-corrected chi connectivity index (χ2v) is 4.94. The Balaban J connectivity index is 1.80. The quantitative estimate of drug-likeness (QED) is 0.804. The Kier molecular flexibility index (Phi) is 4.36. The van der Waals surface area contributed by atoms with Crippen molar-refractivity contribution >= 4 is 5.97 Å². The van der Waals surface area contributed by atoms with Crippen molar-refractivity contribution in [2.45, 2.75) is 39.3 Å². The summed E-state index contributed by atoms with van der Waals surface area (Å²) in [7, 11) is 0. The molecule has 18 heavy (non-hydrogen) atoms. The van der Waals surface area contributed by atoms with Crippen LogP contribution in [0, 0.1) is 11.8 Å². The highest BCUT2D eigenvalue weighted by atomic mass is 16.4. The summed E-state index contributed by atoms with van der Waals surface area (Å²) in [6, 6.07) is 0. The third-order valence-electron chi connectivity index (χ3n) is 3.83. The molecule has 0 radical (unpaired) electrons. The van der Waals surface area contributed by atoms with Gasteiger partial charge in [-0.25, -0.2) is 4.98 Å². The summed E-state index contributed by atoms with van der Waals surface area (Å²) in [4.78, 5) is 15.2. The number of aliphatic carboxylic acids is 1. The Morgan fingerprint density at radius 2 is 2.44 bits per heavy atom. The average molecular weight is 251 g/mol. The highest BCUT2D eigenvalue weighted by Gasteiger charge is 2.32. The van der Waals surface area contributed by atoms with Crippen molar-refractivity contribution < 1.29 is 9.90 Å². The molecule has 100 valence electrons. The maximum absolute atomic E-state index is 11.1. The van der Waals surface area contributed by atoms with E-state index in [-0.39, 0.29) is 11.8 Å². The summed E-state index contributed by atoms with van der Waals surface area (Å²) < 4.78 is 2.09. The molecule has 1 fully saturated rings. The molecule has 1 saturated carbocycles. The second-order valence-electron chi connectivity index (χ2n) is 4.94. The van der Waals surface area contributed by atoms with E-state index < -0.39 is 5.97 Å². The van der Waals surface area contributed by atoms with Crippen LogP contribution in [-0.4, -0.2) is 27.2 Å². The van der Waals surface area contributed by atoms with Crippen LogP contribution in [0.2, 0.25) is 0 Å². The van der Waals surface area contributed by atoms with Gasteiger partial charge in [0.15, 0.2) is 0 Å². The molecule has 1 aliphatic carbocycles. The molecular weight excluding hydrogens is 230 g/mol. The number of hydrogen-bond acceptors (Lipinski definition) is 3. The van der Waals surface area contributed by atoms with Gasteiger partial charge in [0, 0.05) is 19.3 Å². The molecule has 0 spiro atoms. The maximum atomic E-state index is 11.1. The van der Waals surface area contributed by atoms with Crippen molar-refractivity contribution in [3.8, 4) is 0 Å². The lowest BCUT2D eigenvalue weighted by atomic mass is 9.96. The lowest BCUT2D eigenvalue weighted by Gasteiger charge is -2.16. The van der Waals surface area contributed by atoms with Crippen molar-refractivity contribution in [2.24, 2.45) is 11.8 Å². The van der Waals surface area contributed by atoms with Crippen LogP contribution in [0.3, 0.4) is 0 Å². The summed E-state index contributed by atoms with van der Waals surface area (Å²) in [5.74, 6) is -0.521. The minimum absolute atomic E-state index is 0.159. The third kappa shape index (κ3) is 2.90. The number of imidazole rings is 1. The molecule has 1 aromatic rings. The van der Waals surface area contributed by atoms with E-state index in [0.29, 0.717) is 0 Å². The predicted octanol–water partition coefficient (Wildman–Crippen LogP) is 1.49. The molecular formula is C13H21N3O2. The highest BCUT2D eigenvalue weighted by molar-refractivity contribution is 5.70. The molecule has 1 heterocycles. The number of nitrogens with zero attached hydrogens (tertiary/aromatic N) is 2. The smallest absolute Gasteiger partial charge is 0.306 e. The molecule has 0 aromatic carbocycles. The number of carboxylic acids is 1. The number of rotatable bonds is 6. The molecule has 1 aromatic heterocycles. The van der Waals surface area contributed by atoms with Crippen molar-refractivity contribution in [1.29, 1.82) is 0 Å². The molecule has 2 N–H and O–H groups in total. The third-order valence-corrected chi connectivity index (χ3v) is 3.83. The van der Waals surface area contributed by atoms with Gasteiger partial charge in [-0.3, -0.25) is 4.79 Å². The number of hydrogen-bond donors (Lipinski definition) is 2. The van der Waals surface area contributed by atoms with Crippen LogP contribution < -0.4 is 5.32 Å². The molecule has 5 nitrogen and oxygen atoms in total. The van der Waals surface area contributed by atoms with Crippen LogP contribution in [0.15, 0.2) is 12.5 Å². The van der Waals surface area contributed by atoms with Crippen molar-refractivity contribution in [1.82, 2.24) is 14.9 Å². The first kappa shape index (κ1) is 13.1. The first-order valence-corrected chi connectivity index (χ1v) is 6.65. The summed E-state index contributed by atoms with van der Waals surface area (Å²) in [5.41, 5.74) is 1.15. The van der Waals surface area contributed by atoms with E-state index in [0.717, 1.165) is 44.6 Å². The Bertz CT molecular complexity index is 403. The van der Waals surface area contributed by atoms with Crippen molar-refractivity contribution in [3.05, 3.63) is 18.2 Å². The number of aromatic nitrogens is 2. The monoisotopic (exact) mass is 251 g/mol. The molecule has 2 unspecified atom stereocenters. The van der Waals surface area contributed by atoms with Gasteiger partial charge in [0.2, 0.25) is 0 Å². The molecule has 2 rings (SSSR count). The fourth-order valence-corrected chi connectivity index (χ4v) is 2.77. The van der Waals surface area contributed by atoms with Gasteiger partial charge in [-0.05, 0) is 32.2 Å². The Labute approximate surface area is 107 Å². The number of aryl methyl sites for hydroxylation is 1. The molecule has 5 heteroatoms. The second kappa shape index (κ2) is 6.00. The average Bonchev–Trinajstić information content (AvgIpc) is 2.97. The first-order valence-electron chi connectivity index (χ1n) is 6.65. The summed E-state index contributed by atoms with van der Waals surface area (Å²) in [6.07, 6.45) is 6.58. The van der Waals surface area contributed by atoms with Gasteiger partial charge < -0.3 is 15.0 Å². The predicted molar refractivity (Wildman–Crippen MR) is 68.1 cm³/mol. The van der Waals surface area contributed by atoms with Crippen LogP contribution in [0.1, 0.15) is 31.9 Å². The van der Waals surface area contributed by atoms with E-state index in [1.165, 1.54) is 0 Å².